The minimum absolute atomic E-state index is 0.478. The van der Waals surface area contributed by atoms with Gasteiger partial charge in [0.05, 0.1) is 19.0 Å². The number of nitrogens with zero attached hydrogens (tertiary/aromatic N) is 1. The van der Waals surface area contributed by atoms with Crippen molar-refractivity contribution in [3.63, 3.8) is 0 Å². The first-order valence-corrected chi connectivity index (χ1v) is 6.86. The number of methoxy groups -OCH3 is 1. The summed E-state index contributed by atoms with van der Waals surface area (Å²) in [6.45, 7) is 4.18. The van der Waals surface area contributed by atoms with Crippen LogP contribution in [0.1, 0.15) is 19.0 Å². The lowest BCUT2D eigenvalue weighted by atomic mass is 10.2. The molecule has 16 heavy (non-hydrogen) atoms. The molecule has 0 aromatic carbocycles. The van der Waals surface area contributed by atoms with Crippen LogP contribution in [0.25, 0.3) is 0 Å². The van der Waals surface area contributed by atoms with E-state index < -0.39 is 0 Å². The van der Waals surface area contributed by atoms with Gasteiger partial charge < -0.3 is 10.1 Å². The van der Waals surface area contributed by atoms with Gasteiger partial charge in [0.25, 0.3) is 0 Å². The molecule has 0 spiro atoms. The summed E-state index contributed by atoms with van der Waals surface area (Å²) in [7, 11) is 1.67. The molecule has 1 atom stereocenters. The van der Waals surface area contributed by atoms with E-state index in [1.807, 2.05) is 24.8 Å². The van der Waals surface area contributed by atoms with Gasteiger partial charge in [0.1, 0.15) is 0 Å². The predicted molar refractivity (Wildman–Crippen MR) is 71.6 cm³/mol. The van der Waals surface area contributed by atoms with E-state index in [4.69, 9.17) is 4.74 Å². The molecule has 0 saturated carbocycles. The number of anilines is 1. The van der Waals surface area contributed by atoms with Gasteiger partial charge in [0.2, 0.25) is 0 Å². The SMILES string of the molecule is CCC(CSC)Nc1cc(C)ncc1OC. The maximum Gasteiger partial charge on any atom is 0.160 e. The number of aryl methyl sites for hydroxylation is 1. The number of pyridine rings is 1. The van der Waals surface area contributed by atoms with E-state index in [1.165, 1.54) is 0 Å². The summed E-state index contributed by atoms with van der Waals surface area (Å²) >= 11 is 1.85. The molecule has 1 aromatic heterocycles. The molecule has 1 unspecified atom stereocenters. The zero-order valence-electron chi connectivity index (χ0n) is 10.4. The highest BCUT2D eigenvalue weighted by Crippen LogP contribution is 2.25. The van der Waals surface area contributed by atoms with Gasteiger partial charge in [-0.1, -0.05) is 6.92 Å². The first-order valence-electron chi connectivity index (χ1n) is 5.47. The molecule has 1 aromatic rings. The highest BCUT2D eigenvalue weighted by atomic mass is 32.2. The monoisotopic (exact) mass is 240 g/mol. The lowest BCUT2D eigenvalue weighted by Crippen LogP contribution is -2.21. The van der Waals surface area contributed by atoms with Crippen LogP contribution in [-0.4, -0.2) is 30.1 Å². The molecule has 1 rings (SSSR count). The van der Waals surface area contributed by atoms with Crippen LogP contribution in [0.2, 0.25) is 0 Å². The zero-order chi connectivity index (χ0) is 12.0. The summed E-state index contributed by atoms with van der Waals surface area (Å²) in [5.74, 6) is 1.91. The fourth-order valence-corrected chi connectivity index (χ4v) is 2.23. The van der Waals surface area contributed by atoms with Crippen molar-refractivity contribution >= 4 is 17.4 Å². The molecule has 3 nitrogen and oxygen atoms in total. The van der Waals surface area contributed by atoms with E-state index in [2.05, 4.69) is 23.5 Å². The van der Waals surface area contributed by atoms with Gasteiger partial charge in [0.15, 0.2) is 5.75 Å². The number of hydrogen-bond donors (Lipinski definition) is 1. The average molecular weight is 240 g/mol. The first kappa shape index (κ1) is 13.2. The lowest BCUT2D eigenvalue weighted by Gasteiger charge is -2.19. The molecule has 0 bridgehead atoms. The van der Waals surface area contributed by atoms with Crippen molar-refractivity contribution in [2.45, 2.75) is 26.3 Å². The Bertz CT molecular complexity index is 331. The maximum absolute atomic E-state index is 5.29. The molecular weight excluding hydrogens is 220 g/mol. The van der Waals surface area contributed by atoms with Crippen LogP contribution in [0.3, 0.4) is 0 Å². The smallest absolute Gasteiger partial charge is 0.160 e. The van der Waals surface area contributed by atoms with Crippen LogP contribution >= 0.6 is 11.8 Å². The van der Waals surface area contributed by atoms with Gasteiger partial charge >= 0.3 is 0 Å². The molecule has 0 radical (unpaired) electrons. The Morgan fingerprint density at radius 1 is 1.56 bits per heavy atom. The standard InChI is InChI=1S/C12H20N2OS/c1-5-10(8-16-4)14-11-6-9(2)13-7-12(11)15-3/h6-7,10H,5,8H2,1-4H3,(H,13,14). The van der Waals surface area contributed by atoms with Crippen LogP contribution < -0.4 is 10.1 Å². The molecule has 0 aliphatic rings. The maximum atomic E-state index is 5.29. The third-order valence-corrected chi connectivity index (χ3v) is 3.18. The van der Waals surface area contributed by atoms with Crippen LogP contribution in [0.15, 0.2) is 12.3 Å². The minimum Gasteiger partial charge on any atom is -0.493 e. The molecule has 0 aliphatic heterocycles. The van der Waals surface area contributed by atoms with E-state index in [1.54, 1.807) is 13.3 Å². The number of hydrogen-bond acceptors (Lipinski definition) is 4. The minimum atomic E-state index is 0.478. The van der Waals surface area contributed by atoms with Crippen molar-refractivity contribution in [3.8, 4) is 5.75 Å². The Kier molecular flexibility index (Phi) is 5.46. The third-order valence-electron chi connectivity index (χ3n) is 2.44. The number of ether oxygens (including phenoxy) is 1. The normalized spacial score (nSPS) is 12.2. The second-order valence-corrected chi connectivity index (χ2v) is 4.64. The summed E-state index contributed by atoms with van der Waals surface area (Å²) in [5, 5.41) is 3.50. The van der Waals surface area contributed by atoms with Crippen molar-refractivity contribution < 1.29 is 4.74 Å². The van der Waals surface area contributed by atoms with Gasteiger partial charge in [0, 0.05) is 17.5 Å². The Hall–Kier alpha value is -0.900. The van der Waals surface area contributed by atoms with E-state index in [0.29, 0.717) is 6.04 Å². The van der Waals surface area contributed by atoms with Crippen LogP contribution in [0.5, 0.6) is 5.75 Å². The predicted octanol–water partition coefficient (Wildman–Crippen LogP) is 2.95. The third kappa shape index (κ3) is 3.59. The molecular formula is C12H20N2OS. The molecule has 1 N–H and O–H groups in total. The fourth-order valence-electron chi connectivity index (χ4n) is 1.51. The summed E-state index contributed by atoms with van der Waals surface area (Å²) in [6, 6.07) is 2.51. The van der Waals surface area contributed by atoms with Gasteiger partial charge in [-0.15, -0.1) is 0 Å². The Balaban J connectivity index is 2.80. The van der Waals surface area contributed by atoms with E-state index in [0.717, 1.165) is 29.3 Å². The highest BCUT2D eigenvalue weighted by Gasteiger charge is 2.09. The lowest BCUT2D eigenvalue weighted by molar-refractivity contribution is 0.414. The number of rotatable bonds is 6. The van der Waals surface area contributed by atoms with Crippen molar-refractivity contribution in [1.82, 2.24) is 4.98 Å². The van der Waals surface area contributed by atoms with E-state index in [9.17, 15) is 0 Å². The van der Waals surface area contributed by atoms with Gasteiger partial charge in [-0.05, 0) is 25.7 Å². The van der Waals surface area contributed by atoms with Crippen LogP contribution in [-0.2, 0) is 0 Å². The van der Waals surface area contributed by atoms with E-state index in [-0.39, 0.29) is 0 Å². The summed E-state index contributed by atoms with van der Waals surface area (Å²) in [5.41, 5.74) is 2.04. The molecule has 4 heteroatoms. The van der Waals surface area contributed by atoms with Crippen molar-refractivity contribution in [2.75, 3.05) is 24.4 Å². The molecule has 90 valence electrons. The Labute approximate surface area is 102 Å². The quantitative estimate of drug-likeness (QED) is 0.829. The topological polar surface area (TPSA) is 34.2 Å². The second-order valence-electron chi connectivity index (χ2n) is 3.73. The van der Waals surface area contributed by atoms with Crippen molar-refractivity contribution in [2.24, 2.45) is 0 Å². The Morgan fingerprint density at radius 2 is 2.31 bits per heavy atom. The molecule has 0 saturated heterocycles. The van der Waals surface area contributed by atoms with Crippen molar-refractivity contribution in [3.05, 3.63) is 18.0 Å². The summed E-state index contributed by atoms with van der Waals surface area (Å²) in [6.07, 6.45) is 4.99. The molecule has 0 fully saturated rings. The van der Waals surface area contributed by atoms with Gasteiger partial charge in [-0.25, -0.2) is 0 Å². The molecule has 0 aliphatic carbocycles. The van der Waals surface area contributed by atoms with E-state index >= 15 is 0 Å². The fraction of sp³-hybridized carbons (Fsp3) is 0.583. The largest absolute Gasteiger partial charge is 0.493 e. The summed E-state index contributed by atoms with van der Waals surface area (Å²) < 4.78 is 5.29. The van der Waals surface area contributed by atoms with Gasteiger partial charge in [-0.2, -0.15) is 11.8 Å². The van der Waals surface area contributed by atoms with Gasteiger partial charge in [-0.3, -0.25) is 4.98 Å². The number of aromatic nitrogens is 1. The molecule has 0 amide bonds. The highest BCUT2D eigenvalue weighted by molar-refractivity contribution is 7.98. The second kappa shape index (κ2) is 6.63. The first-order chi connectivity index (χ1) is 7.71. The number of nitrogens with one attached hydrogen (secondary N) is 1. The summed E-state index contributed by atoms with van der Waals surface area (Å²) in [4.78, 5) is 4.22. The average Bonchev–Trinajstić information content (AvgIpc) is 2.29. The number of thioether (sulfide) groups is 1. The Morgan fingerprint density at radius 3 is 2.88 bits per heavy atom. The van der Waals surface area contributed by atoms with Crippen LogP contribution in [0.4, 0.5) is 5.69 Å². The zero-order valence-corrected chi connectivity index (χ0v) is 11.2. The van der Waals surface area contributed by atoms with Crippen molar-refractivity contribution in [1.29, 1.82) is 0 Å². The van der Waals surface area contributed by atoms with Crippen LogP contribution in [0, 0.1) is 6.92 Å². The molecule has 1 heterocycles.